The molecule has 3 nitrogen and oxygen atoms in total. The van der Waals surface area contributed by atoms with Gasteiger partial charge < -0.3 is 9.47 Å². The van der Waals surface area contributed by atoms with Gasteiger partial charge in [-0.2, -0.15) is 0 Å². The molecule has 0 unspecified atom stereocenters. The molecule has 0 radical (unpaired) electrons. The Balaban J connectivity index is 2.04. The molecule has 0 aromatic heterocycles. The van der Waals surface area contributed by atoms with Crippen LogP contribution in [-0.2, 0) is 16.1 Å². The minimum Gasteiger partial charge on any atom is -0.434 e. The van der Waals surface area contributed by atoms with Crippen molar-refractivity contribution < 1.29 is 14.3 Å². The number of allylic oxidation sites excluding steroid dienone is 1. The molecule has 104 valence electrons. The normalized spacial score (nSPS) is 10.6. The van der Waals surface area contributed by atoms with Crippen molar-refractivity contribution in [2.24, 2.45) is 0 Å². The zero-order chi connectivity index (χ0) is 13.8. The monoisotopic (exact) mass is 262 g/mol. The Morgan fingerprint density at radius 2 is 1.84 bits per heavy atom. The topological polar surface area (TPSA) is 35.5 Å². The lowest BCUT2D eigenvalue weighted by Gasteiger charge is -2.05. The fourth-order valence-corrected chi connectivity index (χ4v) is 1.53. The van der Waals surface area contributed by atoms with Gasteiger partial charge in [0, 0.05) is 0 Å². The second-order valence-corrected chi connectivity index (χ2v) is 4.28. The van der Waals surface area contributed by atoms with Crippen LogP contribution in [-0.4, -0.2) is 12.8 Å². The van der Waals surface area contributed by atoms with Crippen LogP contribution < -0.4 is 0 Å². The van der Waals surface area contributed by atoms with Crippen LogP contribution in [0.15, 0.2) is 42.5 Å². The Kier molecular flexibility index (Phi) is 8.19. The standard InChI is InChI=1S/C16H22O3/c1-2-3-4-5-6-10-13-18-16(17)19-14-15-11-8-7-9-12-15/h5-9,11-12H,2-4,10,13-14H2,1H3/b6-5-. The Bertz CT molecular complexity index is 371. The summed E-state index contributed by atoms with van der Waals surface area (Å²) in [6.45, 7) is 2.79. The van der Waals surface area contributed by atoms with Crippen molar-refractivity contribution in [3.63, 3.8) is 0 Å². The third kappa shape index (κ3) is 8.03. The Morgan fingerprint density at radius 3 is 2.58 bits per heavy atom. The van der Waals surface area contributed by atoms with Crippen molar-refractivity contribution in [3.8, 4) is 0 Å². The highest BCUT2D eigenvalue weighted by molar-refractivity contribution is 5.59. The molecule has 0 aliphatic rings. The Labute approximate surface area is 115 Å². The van der Waals surface area contributed by atoms with Gasteiger partial charge >= 0.3 is 6.16 Å². The number of hydrogen-bond donors (Lipinski definition) is 0. The van der Waals surface area contributed by atoms with Crippen LogP contribution in [0, 0.1) is 0 Å². The van der Waals surface area contributed by atoms with Crippen molar-refractivity contribution in [1.29, 1.82) is 0 Å². The third-order valence-corrected chi connectivity index (χ3v) is 2.59. The molecule has 1 rings (SSSR count). The maximum absolute atomic E-state index is 11.3. The molecule has 0 spiro atoms. The van der Waals surface area contributed by atoms with Crippen molar-refractivity contribution in [2.45, 2.75) is 39.2 Å². The van der Waals surface area contributed by atoms with Crippen molar-refractivity contribution >= 4 is 6.16 Å². The number of hydrogen-bond acceptors (Lipinski definition) is 3. The van der Waals surface area contributed by atoms with Gasteiger partial charge in [-0.25, -0.2) is 4.79 Å². The largest absolute Gasteiger partial charge is 0.508 e. The van der Waals surface area contributed by atoms with Gasteiger partial charge in [0.25, 0.3) is 0 Å². The summed E-state index contributed by atoms with van der Waals surface area (Å²) >= 11 is 0. The minimum atomic E-state index is -0.606. The summed E-state index contributed by atoms with van der Waals surface area (Å²) < 4.78 is 9.95. The summed E-state index contributed by atoms with van der Waals surface area (Å²) in [6, 6.07) is 9.55. The zero-order valence-corrected chi connectivity index (χ0v) is 11.5. The molecule has 0 amide bonds. The first-order valence-corrected chi connectivity index (χ1v) is 6.81. The zero-order valence-electron chi connectivity index (χ0n) is 11.5. The van der Waals surface area contributed by atoms with E-state index in [1.807, 2.05) is 36.4 Å². The van der Waals surface area contributed by atoms with Crippen LogP contribution in [0.1, 0.15) is 38.2 Å². The van der Waals surface area contributed by atoms with E-state index in [0.29, 0.717) is 6.61 Å². The molecule has 0 aliphatic carbocycles. The molecular weight excluding hydrogens is 240 g/mol. The van der Waals surface area contributed by atoms with Gasteiger partial charge in [-0.05, 0) is 18.4 Å². The van der Waals surface area contributed by atoms with Gasteiger partial charge in [0.2, 0.25) is 0 Å². The first-order chi connectivity index (χ1) is 9.33. The molecule has 0 fully saturated rings. The summed E-state index contributed by atoms with van der Waals surface area (Å²) in [4.78, 5) is 11.3. The van der Waals surface area contributed by atoms with Crippen LogP contribution in [0.5, 0.6) is 0 Å². The maximum atomic E-state index is 11.3. The van der Waals surface area contributed by atoms with E-state index >= 15 is 0 Å². The predicted molar refractivity (Wildman–Crippen MR) is 75.9 cm³/mol. The second-order valence-electron chi connectivity index (χ2n) is 4.28. The van der Waals surface area contributed by atoms with Crippen LogP contribution in [0.25, 0.3) is 0 Å². The predicted octanol–water partition coefficient (Wildman–Crippen LogP) is 4.48. The van der Waals surface area contributed by atoms with Crippen LogP contribution in [0.3, 0.4) is 0 Å². The Hall–Kier alpha value is -1.77. The van der Waals surface area contributed by atoms with E-state index in [1.54, 1.807) is 0 Å². The summed E-state index contributed by atoms with van der Waals surface area (Å²) in [5.74, 6) is 0. The smallest absolute Gasteiger partial charge is 0.434 e. The molecule has 0 saturated heterocycles. The van der Waals surface area contributed by atoms with Crippen molar-refractivity contribution in [2.75, 3.05) is 6.61 Å². The van der Waals surface area contributed by atoms with E-state index in [0.717, 1.165) is 18.4 Å². The lowest BCUT2D eigenvalue weighted by molar-refractivity contribution is 0.0511. The quantitative estimate of drug-likeness (QED) is 0.394. The molecular formula is C16H22O3. The van der Waals surface area contributed by atoms with E-state index in [1.165, 1.54) is 12.8 Å². The molecule has 0 aliphatic heterocycles. The van der Waals surface area contributed by atoms with Crippen LogP contribution in [0.2, 0.25) is 0 Å². The van der Waals surface area contributed by atoms with E-state index in [9.17, 15) is 4.79 Å². The van der Waals surface area contributed by atoms with E-state index in [4.69, 9.17) is 9.47 Å². The van der Waals surface area contributed by atoms with E-state index in [2.05, 4.69) is 13.0 Å². The Morgan fingerprint density at radius 1 is 1.11 bits per heavy atom. The number of benzene rings is 1. The first kappa shape index (κ1) is 15.3. The van der Waals surface area contributed by atoms with Crippen LogP contribution in [0.4, 0.5) is 4.79 Å². The number of carbonyl (C=O) groups excluding carboxylic acids is 1. The van der Waals surface area contributed by atoms with Gasteiger partial charge in [0.05, 0.1) is 6.61 Å². The summed E-state index contributed by atoms with van der Waals surface area (Å²) in [5, 5.41) is 0. The van der Waals surface area contributed by atoms with Crippen molar-refractivity contribution in [3.05, 3.63) is 48.0 Å². The second kappa shape index (κ2) is 10.2. The molecule has 0 saturated carbocycles. The fraction of sp³-hybridized carbons (Fsp3) is 0.438. The number of rotatable bonds is 8. The van der Waals surface area contributed by atoms with Gasteiger partial charge in [-0.15, -0.1) is 0 Å². The van der Waals surface area contributed by atoms with Gasteiger partial charge in [-0.1, -0.05) is 62.2 Å². The molecule has 3 heteroatoms. The minimum absolute atomic E-state index is 0.256. The molecule has 0 bridgehead atoms. The molecule has 0 atom stereocenters. The average molecular weight is 262 g/mol. The third-order valence-electron chi connectivity index (χ3n) is 2.59. The first-order valence-electron chi connectivity index (χ1n) is 6.81. The van der Waals surface area contributed by atoms with Gasteiger partial charge in [0.1, 0.15) is 6.61 Å². The molecule has 0 heterocycles. The summed E-state index contributed by atoms with van der Waals surface area (Å²) in [7, 11) is 0. The maximum Gasteiger partial charge on any atom is 0.508 e. The average Bonchev–Trinajstić information content (AvgIpc) is 2.45. The summed E-state index contributed by atoms with van der Waals surface area (Å²) in [6.07, 6.45) is 7.80. The SMILES string of the molecule is CCCC/C=C\CCOC(=O)OCc1ccccc1. The summed E-state index contributed by atoms with van der Waals surface area (Å²) in [5.41, 5.74) is 0.957. The lowest BCUT2D eigenvalue weighted by Crippen LogP contribution is -2.08. The van der Waals surface area contributed by atoms with Crippen LogP contribution >= 0.6 is 0 Å². The molecule has 1 aromatic rings. The highest BCUT2D eigenvalue weighted by Crippen LogP contribution is 2.02. The van der Waals surface area contributed by atoms with E-state index in [-0.39, 0.29) is 6.61 Å². The van der Waals surface area contributed by atoms with Gasteiger partial charge in [0.15, 0.2) is 0 Å². The molecule has 0 N–H and O–H groups in total. The fourth-order valence-electron chi connectivity index (χ4n) is 1.53. The number of carbonyl (C=O) groups is 1. The number of ether oxygens (including phenoxy) is 2. The van der Waals surface area contributed by atoms with E-state index < -0.39 is 6.16 Å². The highest BCUT2D eigenvalue weighted by atomic mass is 16.7. The number of unbranched alkanes of at least 4 members (excludes halogenated alkanes) is 2. The molecule has 19 heavy (non-hydrogen) atoms. The van der Waals surface area contributed by atoms with Gasteiger partial charge in [-0.3, -0.25) is 0 Å². The lowest BCUT2D eigenvalue weighted by atomic mass is 10.2. The van der Waals surface area contributed by atoms with Crippen molar-refractivity contribution in [1.82, 2.24) is 0 Å². The highest BCUT2D eigenvalue weighted by Gasteiger charge is 2.02. The molecule has 1 aromatic carbocycles.